The zero-order valence-electron chi connectivity index (χ0n) is 17.8. The van der Waals surface area contributed by atoms with Crippen LogP contribution < -0.4 is 4.90 Å². The monoisotopic (exact) mass is 435 g/mol. The molecule has 2 bridgehead atoms. The van der Waals surface area contributed by atoms with Gasteiger partial charge in [-0.1, -0.05) is 0 Å². The standard InChI is InChI=1S/C24H26FN5O2/c25-16-9-17-18(12-28-21(17)27-11-16)22-26-10-15-3-1-2-8-30(23(15)29-22)20-14-6-4-13(5-7-14)19(20)24(31)32/h9-14,19-20H,1-8H2,(H,27,28)(H,31,32)/t13?,14?,19-,20-/m1/s1. The highest BCUT2D eigenvalue weighted by atomic mass is 19.1. The Morgan fingerprint density at radius 3 is 2.75 bits per heavy atom. The molecule has 0 amide bonds. The Bertz CT molecular complexity index is 1190. The number of aromatic amines is 1. The number of aromatic nitrogens is 4. The Balaban J connectivity index is 1.46. The van der Waals surface area contributed by atoms with Crippen LogP contribution in [0.25, 0.3) is 22.4 Å². The number of anilines is 1. The predicted octanol–water partition coefficient (Wildman–Crippen LogP) is 4.19. The molecule has 3 aromatic rings. The van der Waals surface area contributed by atoms with Crippen molar-refractivity contribution in [3.05, 3.63) is 36.0 Å². The molecule has 4 heterocycles. The van der Waals surface area contributed by atoms with E-state index in [1.165, 1.54) is 12.3 Å². The summed E-state index contributed by atoms with van der Waals surface area (Å²) >= 11 is 0. The largest absolute Gasteiger partial charge is 0.481 e. The van der Waals surface area contributed by atoms with E-state index in [9.17, 15) is 14.3 Å². The van der Waals surface area contributed by atoms with E-state index >= 15 is 0 Å². The Morgan fingerprint density at radius 2 is 1.94 bits per heavy atom. The molecule has 32 heavy (non-hydrogen) atoms. The number of halogens is 1. The minimum absolute atomic E-state index is 0.0262. The first-order valence-corrected chi connectivity index (χ1v) is 11.6. The Kier molecular flexibility index (Phi) is 4.62. The number of carboxylic acid groups (broad SMARTS) is 1. The van der Waals surface area contributed by atoms with Crippen LogP contribution in [0, 0.1) is 23.6 Å². The topological polar surface area (TPSA) is 95.0 Å². The number of nitrogens with one attached hydrogen (secondary N) is 1. The van der Waals surface area contributed by atoms with Gasteiger partial charge in [0.05, 0.1) is 12.1 Å². The van der Waals surface area contributed by atoms with Crippen molar-refractivity contribution in [3.8, 4) is 11.4 Å². The molecule has 8 heteroatoms. The van der Waals surface area contributed by atoms with Gasteiger partial charge in [-0.3, -0.25) is 4.79 Å². The molecule has 0 unspecified atom stereocenters. The number of pyridine rings is 1. The van der Waals surface area contributed by atoms with E-state index in [2.05, 4.69) is 19.9 Å². The summed E-state index contributed by atoms with van der Waals surface area (Å²) in [7, 11) is 0. The number of carbonyl (C=O) groups is 1. The van der Waals surface area contributed by atoms with Gasteiger partial charge in [0.2, 0.25) is 0 Å². The van der Waals surface area contributed by atoms with Crippen molar-refractivity contribution in [2.75, 3.05) is 11.4 Å². The van der Waals surface area contributed by atoms with Gasteiger partial charge in [0, 0.05) is 41.5 Å². The lowest BCUT2D eigenvalue weighted by Gasteiger charge is -2.51. The lowest BCUT2D eigenvalue weighted by atomic mass is 9.61. The number of hydrogen-bond acceptors (Lipinski definition) is 5. The van der Waals surface area contributed by atoms with Crippen LogP contribution in [0.15, 0.2) is 24.7 Å². The van der Waals surface area contributed by atoms with Gasteiger partial charge < -0.3 is 15.0 Å². The molecule has 0 radical (unpaired) electrons. The van der Waals surface area contributed by atoms with Crippen molar-refractivity contribution >= 4 is 22.8 Å². The van der Waals surface area contributed by atoms with Crippen LogP contribution >= 0.6 is 0 Å². The predicted molar refractivity (Wildman–Crippen MR) is 118 cm³/mol. The highest BCUT2D eigenvalue weighted by Crippen LogP contribution is 2.49. The molecule has 2 N–H and O–H groups in total. The summed E-state index contributed by atoms with van der Waals surface area (Å²) < 4.78 is 13.9. The summed E-state index contributed by atoms with van der Waals surface area (Å²) in [6, 6.07) is 1.42. The van der Waals surface area contributed by atoms with E-state index < -0.39 is 11.8 Å². The molecule has 4 aliphatic rings. The Hall–Kier alpha value is -3.03. The van der Waals surface area contributed by atoms with Gasteiger partial charge in [0.15, 0.2) is 5.82 Å². The molecule has 0 aromatic carbocycles. The highest BCUT2D eigenvalue weighted by Gasteiger charge is 2.50. The molecule has 3 fully saturated rings. The summed E-state index contributed by atoms with van der Waals surface area (Å²) in [6.07, 6.45) is 12.0. The van der Waals surface area contributed by atoms with Crippen LogP contribution in [0.4, 0.5) is 10.2 Å². The smallest absolute Gasteiger partial charge is 0.308 e. The molecule has 7 rings (SSSR count). The number of rotatable bonds is 3. The summed E-state index contributed by atoms with van der Waals surface area (Å²) in [5.41, 5.74) is 2.37. The first-order chi connectivity index (χ1) is 15.6. The van der Waals surface area contributed by atoms with Crippen LogP contribution in [0.2, 0.25) is 0 Å². The molecule has 0 spiro atoms. The number of aryl methyl sites for hydroxylation is 1. The first kappa shape index (κ1) is 19.6. The van der Waals surface area contributed by atoms with E-state index in [-0.39, 0.29) is 17.9 Å². The third-order valence-corrected chi connectivity index (χ3v) is 7.77. The van der Waals surface area contributed by atoms with E-state index in [4.69, 9.17) is 4.98 Å². The lowest BCUT2D eigenvalue weighted by Crippen LogP contribution is -2.57. The Morgan fingerprint density at radius 1 is 1.12 bits per heavy atom. The molecule has 3 saturated carbocycles. The van der Waals surface area contributed by atoms with E-state index in [0.29, 0.717) is 28.3 Å². The number of fused-ring (bicyclic) bond motifs is 5. The third-order valence-electron chi connectivity index (χ3n) is 7.77. The number of carboxylic acids is 1. The van der Waals surface area contributed by atoms with Gasteiger partial charge in [-0.15, -0.1) is 0 Å². The maximum Gasteiger partial charge on any atom is 0.308 e. The fraction of sp³-hybridized carbons (Fsp3) is 0.500. The number of nitrogens with zero attached hydrogens (tertiary/aromatic N) is 4. The molecule has 166 valence electrons. The lowest BCUT2D eigenvalue weighted by molar-refractivity contribution is -0.149. The number of H-pyrrole nitrogens is 1. The third kappa shape index (κ3) is 3.07. The second kappa shape index (κ2) is 7.53. The fourth-order valence-corrected chi connectivity index (χ4v) is 6.32. The van der Waals surface area contributed by atoms with Crippen LogP contribution in [0.5, 0.6) is 0 Å². The van der Waals surface area contributed by atoms with E-state index in [1.54, 1.807) is 6.20 Å². The fourth-order valence-electron chi connectivity index (χ4n) is 6.32. The molecule has 7 nitrogen and oxygen atoms in total. The summed E-state index contributed by atoms with van der Waals surface area (Å²) in [5, 5.41) is 10.8. The van der Waals surface area contributed by atoms with Gasteiger partial charge >= 0.3 is 5.97 Å². The van der Waals surface area contributed by atoms with Crippen molar-refractivity contribution in [2.24, 2.45) is 17.8 Å². The van der Waals surface area contributed by atoms with Crippen LogP contribution in [-0.2, 0) is 11.2 Å². The Labute approximate surface area is 185 Å². The average molecular weight is 436 g/mol. The second-order valence-electron chi connectivity index (χ2n) is 9.47. The van der Waals surface area contributed by atoms with E-state index in [0.717, 1.165) is 62.9 Å². The zero-order valence-corrected chi connectivity index (χ0v) is 17.8. The van der Waals surface area contributed by atoms with Gasteiger partial charge in [-0.25, -0.2) is 19.3 Å². The van der Waals surface area contributed by atoms with Crippen LogP contribution in [0.1, 0.15) is 44.1 Å². The maximum absolute atomic E-state index is 13.9. The molecule has 1 aliphatic heterocycles. The van der Waals surface area contributed by atoms with Crippen LogP contribution in [-0.4, -0.2) is 43.6 Å². The van der Waals surface area contributed by atoms with Crippen molar-refractivity contribution in [3.63, 3.8) is 0 Å². The van der Waals surface area contributed by atoms with E-state index in [1.807, 2.05) is 6.20 Å². The van der Waals surface area contributed by atoms with Crippen LogP contribution in [0.3, 0.4) is 0 Å². The molecule has 3 aliphatic carbocycles. The SMILES string of the molecule is O=C(O)[C@@H]1C2CCC(CC2)[C@H]1N1CCCCc2cnc(-c3c[nH]c4ncc(F)cc34)nc21. The maximum atomic E-state index is 13.9. The average Bonchev–Trinajstić information content (AvgIpc) is 3.10. The molecule has 3 aromatic heterocycles. The second-order valence-corrected chi connectivity index (χ2v) is 9.47. The summed E-state index contributed by atoms with van der Waals surface area (Å²) in [6.45, 7) is 0.811. The minimum Gasteiger partial charge on any atom is -0.481 e. The molecular weight excluding hydrogens is 409 g/mol. The first-order valence-electron chi connectivity index (χ1n) is 11.6. The quantitative estimate of drug-likeness (QED) is 0.641. The van der Waals surface area contributed by atoms with Crippen molar-refractivity contribution < 1.29 is 14.3 Å². The minimum atomic E-state index is -0.678. The molecule has 0 saturated heterocycles. The molecular formula is C24H26FN5O2. The van der Waals surface area contributed by atoms with Crippen molar-refractivity contribution in [2.45, 2.75) is 51.0 Å². The number of hydrogen-bond donors (Lipinski definition) is 2. The van der Waals surface area contributed by atoms with Crippen molar-refractivity contribution in [1.82, 2.24) is 19.9 Å². The number of aliphatic carboxylic acids is 1. The van der Waals surface area contributed by atoms with Gasteiger partial charge in [-0.2, -0.15) is 0 Å². The van der Waals surface area contributed by atoms with Gasteiger partial charge in [0.25, 0.3) is 0 Å². The highest BCUT2D eigenvalue weighted by molar-refractivity contribution is 5.91. The molecule has 2 atom stereocenters. The van der Waals surface area contributed by atoms with Crippen molar-refractivity contribution in [1.29, 1.82) is 0 Å². The summed E-state index contributed by atoms with van der Waals surface area (Å²) in [4.78, 5) is 31.4. The zero-order chi connectivity index (χ0) is 21.8. The summed E-state index contributed by atoms with van der Waals surface area (Å²) in [5.74, 6) is 0.574. The van der Waals surface area contributed by atoms with Gasteiger partial charge in [0.1, 0.15) is 17.3 Å². The normalized spacial score (nSPS) is 27.3. The van der Waals surface area contributed by atoms with Gasteiger partial charge in [-0.05, 0) is 62.8 Å².